The number of rotatable bonds is 12. The molecule has 0 spiro atoms. The molecule has 5 unspecified atom stereocenters. The quantitative estimate of drug-likeness (QED) is 0.238. The number of benzene rings is 1. The highest BCUT2D eigenvalue weighted by Crippen LogP contribution is 2.27. The number of nitrogens with one attached hydrogen (secondary N) is 2. The van der Waals surface area contributed by atoms with E-state index >= 15 is 0 Å². The van der Waals surface area contributed by atoms with Gasteiger partial charge < -0.3 is 29.9 Å². The highest BCUT2D eigenvalue weighted by Gasteiger charge is 2.49. The first-order valence-electron chi connectivity index (χ1n) is 16.2. The number of carboxylic acid groups (broad SMARTS) is 1. The molecule has 48 heavy (non-hydrogen) atoms. The minimum Gasteiger partial charge on any atom is -0.480 e. The Hall–Kier alpha value is -4.11. The monoisotopic (exact) mass is 678 g/mol. The van der Waals surface area contributed by atoms with Gasteiger partial charge in [-0.3, -0.25) is 19.7 Å². The number of hydrogen-bond acceptors (Lipinski definition) is 10. The summed E-state index contributed by atoms with van der Waals surface area (Å²) < 4.78 is 24.4. The number of urea groups is 1. The van der Waals surface area contributed by atoms with Crippen LogP contribution in [0, 0.1) is 5.82 Å². The highest BCUT2D eigenvalue weighted by atomic mass is 19.1. The number of ether oxygens (including phenoxy) is 2. The van der Waals surface area contributed by atoms with E-state index in [1.165, 1.54) is 24.0 Å². The van der Waals surface area contributed by atoms with Crippen molar-refractivity contribution < 1.29 is 52.8 Å². The minimum absolute atomic E-state index is 0.0153. The van der Waals surface area contributed by atoms with Gasteiger partial charge in [0.05, 0.1) is 18.2 Å². The van der Waals surface area contributed by atoms with Crippen LogP contribution in [0.1, 0.15) is 79.2 Å². The lowest BCUT2D eigenvalue weighted by Crippen LogP contribution is -2.63. The summed E-state index contributed by atoms with van der Waals surface area (Å²) in [5, 5.41) is 25.9. The van der Waals surface area contributed by atoms with Crippen LogP contribution in [-0.4, -0.2) is 110 Å². The molecule has 266 valence electrons. The van der Waals surface area contributed by atoms with E-state index in [9.17, 15) is 43.4 Å². The second kappa shape index (κ2) is 16.3. The van der Waals surface area contributed by atoms with E-state index in [0.29, 0.717) is 23.3 Å². The zero-order valence-corrected chi connectivity index (χ0v) is 28.2. The topological polar surface area (TPSA) is 192 Å². The van der Waals surface area contributed by atoms with Gasteiger partial charge in [-0.25, -0.2) is 23.7 Å². The number of amides is 4. The number of alkyl carbamates (subject to hydrolysis) is 1. The molecule has 0 saturated carbocycles. The van der Waals surface area contributed by atoms with E-state index in [1.54, 1.807) is 39.8 Å². The number of aliphatic hydroxyl groups is 1. The molecule has 4 amide bonds. The molecule has 0 aliphatic carbocycles. The standard InChI is InChI=1S/C33H47FN4O10/c1-7-25(47-19(3)40)27(30(43)44)38(32(46)37-15-9-12-22(37)17-20-10-8-11-21(34)16-20)29(42)24-14-13-23(35-24)28(41)26(18(2)39)36-31(45)48-33(4,5)6/h8,10-11,16,18,22-27,35,39H,7,9,12-15,17H2,1-6H3,(H,36,45)(H,43,44)/t18-,22?,23?,24?,25?,26-,27?/m1/s1. The molecule has 14 nitrogen and oxygen atoms in total. The molecule has 0 aromatic heterocycles. The number of ketones is 1. The molecule has 2 aliphatic rings. The smallest absolute Gasteiger partial charge is 0.408 e. The van der Waals surface area contributed by atoms with Crippen molar-refractivity contribution in [3.8, 4) is 0 Å². The number of likely N-dealkylation sites (tertiary alicyclic amines) is 1. The van der Waals surface area contributed by atoms with Gasteiger partial charge in [0.2, 0.25) is 5.91 Å². The Bertz CT molecular complexity index is 1370. The first kappa shape index (κ1) is 38.3. The van der Waals surface area contributed by atoms with Crippen LogP contribution in [0.2, 0.25) is 0 Å². The van der Waals surface area contributed by atoms with Gasteiger partial charge in [-0.1, -0.05) is 19.1 Å². The van der Waals surface area contributed by atoms with Crippen molar-refractivity contribution in [2.45, 2.75) is 128 Å². The zero-order valence-electron chi connectivity index (χ0n) is 28.2. The normalized spacial score (nSPS) is 21.8. The van der Waals surface area contributed by atoms with Gasteiger partial charge >= 0.3 is 24.1 Å². The number of aliphatic carboxylic acids is 1. The first-order valence-corrected chi connectivity index (χ1v) is 16.2. The van der Waals surface area contributed by atoms with E-state index in [0.717, 1.165) is 6.92 Å². The number of nitrogens with zero attached hydrogens (tertiary/aromatic N) is 2. The van der Waals surface area contributed by atoms with Crippen LogP contribution >= 0.6 is 0 Å². The van der Waals surface area contributed by atoms with Crippen molar-refractivity contribution in [1.82, 2.24) is 20.4 Å². The van der Waals surface area contributed by atoms with Crippen LogP contribution in [0.3, 0.4) is 0 Å². The molecule has 1 aromatic carbocycles. The Balaban J connectivity index is 1.91. The molecule has 0 bridgehead atoms. The SMILES string of the molecule is CCC(OC(C)=O)C(C(=O)O)N(C(=O)C1CCC(C(=O)[C@H](NC(=O)OC(C)(C)C)[C@@H](C)O)N1)C(=O)N1CCCC1Cc1cccc(F)c1. The van der Waals surface area contributed by atoms with Gasteiger partial charge in [0.25, 0.3) is 0 Å². The molecule has 2 fully saturated rings. The van der Waals surface area contributed by atoms with Gasteiger partial charge in [-0.15, -0.1) is 0 Å². The maximum Gasteiger partial charge on any atom is 0.408 e. The Labute approximate surface area is 279 Å². The Kier molecular flexibility index (Phi) is 13.0. The lowest BCUT2D eigenvalue weighted by Gasteiger charge is -2.37. The minimum atomic E-state index is -1.90. The van der Waals surface area contributed by atoms with Crippen LogP contribution < -0.4 is 10.6 Å². The molecule has 3 rings (SSSR count). The highest BCUT2D eigenvalue weighted by molar-refractivity contribution is 6.02. The second-order valence-electron chi connectivity index (χ2n) is 13.3. The van der Waals surface area contributed by atoms with Gasteiger partial charge in [-0.2, -0.15) is 0 Å². The predicted octanol–water partition coefficient (Wildman–Crippen LogP) is 2.54. The van der Waals surface area contributed by atoms with Crippen molar-refractivity contribution >= 4 is 35.8 Å². The van der Waals surface area contributed by atoms with Crippen LogP contribution in [0.25, 0.3) is 0 Å². The van der Waals surface area contributed by atoms with E-state index in [1.807, 2.05) is 0 Å². The summed E-state index contributed by atoms with van der Waals surface area (Å²) in [5.41, 5.74) is -0.255. The number of esters is 1. The maximum atomic E-state index is 14.3. The Morgan fingerprint density at radius 1 is 1.12 bits per heavy atom. The largest absolute Gasteiger partial charge is 0.480 e. The maximum absolute atomic E-state index is 14.3. The Morgan fingerprint density at radius 2 is 1.79 bits per heavy atom. The van der Waals surface area contributed by atoms with Crippen molar-refractivity contribution in [2.24, 2.45) is 0 Å². The third-order valence-electron chi connectivity index (χ3n) is 8.28. The summed E-state index contributed by atoms with van der Waals surface area (Å²) in [5.74, 6) is -4.41. The van der Waals surface area contributed by atoms with Crippen molar-refractivity contribution in [2.75, 3.05) is 6.54 Å². The van der Waals surface area contributed by atoms with Crippen LogP contribution in [0.15, 0.2) is 24.3 Å². The average molecular weight is 679 g/mol. The summed E-state index contributed by atoms with van der Waals surface area (Å²) in [6.45, 7) is 9.05. The van der Waals surface area contributed by atoms with Crippen molar-refractivity contribution in [3.05, 3.63) is 35.6 Å². The number of Topliss-reactive ketones (excluding diaryl/α,β-unsaturated/α-hetero) is 1. The van der Waals surface area contributed by atoms with Crippen LogP contribution in [0.5, 0.6) is 0 Å². The van der Waals surface area contributed by atoms with Crippen molar-refractivity contribution in [3.63, 3.8) is 0 Å². The van der Waals surface area contributed by atoms with E-state index < -0.39 is 89.6 Å². The van der Waals surface area contributed by atoms with E-state index in [-0.39, 0.29) is 32.2 Å². The summed E-state index contributed by atoms with van der Waals surface area (Å²) in [7, 11) is 0. The molecule has 0 radical (unpaired) electrons. The zero-order chi connectivity index (χ0) is 35.9. The molecule has 7 atom stereocenters. The predicted molar refractivity (Wildman–Crippen MR) is 169 cm³/mol. The lowest BCUT2D eigenvalue weighted by atomic mass is 10.00. The van der Waals surface area contributed by atoms with Crippen molar-refractivity contribution in [1.29, 1.82) is 0 Å². The molecular weight excluding hydrogens is 631 g/mol. The van der Waals surface area contributed by atoms with E-state index in [4.69, 9.17) is 9.47 Å². The number of hydrogen-bond donors (Lipinski definition) is 4. The molecule has 1 aromatic rings. The molecule has 2 heterocycles. The fourth-order valence-corrected chi connectivity index (χ4v) is 6.16. The summed E-state index contributed by atoms with van der Waals surface area (Å²) in [6.07, 6.45) is -2.25. The summed E-state index contributed by atoms with van der Waals surface area (Å²) >= 11 is 0. The van der Waals surface area contributed by atoms with Crippen LogP contribution in [0.4, 0.5) is 14.0 Å². The molecule has 15 heteroatoms. The van der Waals surface area contributed by atoms with E-state index in [2.05, 4.69) is 10.6 Å². The number of aliphatic hydroxyl groups excluding tert-OH is 1. The van der Waals surface area contributed by atoms with Gasteiger partial charge in [-0.05, 0) is 83.9 Å². The van der Waals surface area contributed by atoms with Gasteiger partial charge in [0.15, 0.2) is 11.8 Å². The summed E-state index contributed by atoms with van der Waals surface area (Å²) in [4.78, 5) is 81.0. The summed E-state index contributed by atoms with van der Waals surface area (Å²) in [6, 6.07) is -1.05. The number of halogens is 1. The average Bonchev–Trinajstić information content (AvgIpc) is 3.66. The van der Waals surface area contributed by atoms with Crippen LogP contribution in [-0.2, 0) is 35.1 Å². The first-order chi connectivity index (χ1) is 22.4. The Morgan fingerprint density at radius 3 is 2.35 bits per heavy atom. The fourth-order valence-electron chi connectivity index (χ4n) is 6.16. The number of imide groups is 1. The third kappa shape index (κ3) is 9.95. The van der Waals surface area contributed by atoms with Gasteiger partial charge in [0, 0.05) is 19.5 Å². The fraction of sp³-hybridized carbons (Fsp3) is 0.636. The molecule has 4 N–H and O–H groups in total. The van der Waals surface area contributed by atoms with Gasteiger partial charge in [0.1, 0.15) is 23.6 Å². The second-order valence-corrected chi connectivity index (χ2v) is 13.3. The third-order valence-corrected chi connectivity index (χ3v) is 8.28. The lowest BCUT2D eigenvalue weighted by molar-refractivity contribution is -0.162. The molecule has 2 aliphatic heterocycles. The number of carbonyl (C=O) groups excluding carboxylic acids is 5. The number of carboxylic acids is 1. The number of carbonyl (C=O) groups is 6. The molecular formula is C33H47FN4O10. The molecule has 2 saturated heterocycles.